The van der Waals surface area contributed by atoms with Gasteiger partial charge in [0.25, 0.3) is 0 Å². The highest BCUT2D eigenvalue weighted by Gasteiger charge is 2.34. The van der Waals surface area contributed by atoms with Crippen LogP contribution in [0.2, 0.25) is 0 Å². The Kier molecular flexibility index (Phi) is 7.00. The molecule has 1 saturated heterocycles. The quantitative estimate of drug-likeness (QED) is 0.269. The zero-order valence-corrected chi connectivity index (χ0v) is 23.5. The minimum absolute atomic E-state index is 0.000603. The number of rotatable bonds is 7. The number of aromatic nitrogens is 2. The zero-order valence-electron chi connectivity index (χ0n) is 23.5. The number of aromatic carboxylic acids is 1. The molecule has 4 aromatic rings. The Morgan fingerprint density at radius 1 is 1.19 bits per heavy atom. The standard InChI is InChI=1S/C29H30FN7O6/c1-15-12-34(9-10-35(15)14-37-21-6-4-3-5-17(21)22(27(37)39)32-33-29(31)42)24-20(30)11-18-23(26(24)43-2)36(16-7-8-16)13-19(25(18)38)28(40)41/h3-6,11,13,15-16,39H,7-10,12,14H2,1-2H3,(H2,31,42)(H,40,41). The molecule has 2 amide bonds. The largest absolute Gasteiger partial charge is 0.493 e. The first-order chi connectivity index (χ1) is 20.6. The Hall–Kier alpha value is -4.98. The number of hydrogen-bond acceptors (Lipinski definition) is 8. The fourth-order valence-corrected chi connectivity index (χ4v) is 5.93. The smallest absolute Gasteiger partial charge is 0.356 e. The average Bonchev–Trinajstić information content (AvgIpc) is 3.78. The lowest BCUT2D eigenvalue weighted by Crippen LogP contribution is -2.52. The Morgan fingerprint density at radius 2 is 1.93 bits per heavy atom. The van der Waals surface area contributed by atoms with E-state index in [1.165, 1.54) is 13.3 Å². The Balaban J connectivity index is 1.34. The number of methoxy groups -OCH3 is 1. The molecule has 6 rings (SSSR count). The van der Waals surface area contributed by atoms with Crippen LogP contribution >= 0.6 is 0 Å². The van der Waals surface area contributed by atoms with E-state index in [1.807, 2.05) is 24.0 Å². The number of benzene rings is 2. The summed E-state index contributed by atoms with van der Waals surface area (Å²) in [5.41, 5.74) is 5.36. The van der Waals surface area contributed by atoms with Gasteiger partial charge in [-0.2, -0.15) is 0 Å². The second-order valence-corrected chi connectivity index (χ2v) is 10.9. The van der Waals surface area contributed by atoms with Gasteiger partial charge in [-0.3, -0.25) is 14.3 Å². The number of hydrogen-bond donors (Lipinski definition) is 3. The van der Waals surface area contributed by atoms with Crippen molar-refractivity contribution >= 4 is 45.2 Å². The SMILES string of the molecule is COc1c(N2CCN(Cn3c(O)c(N=NC(N)=O)c4ccccc43)C(C)C2)c(F)cc2c(=O)c(C(=O)O)cn(C3CC3)c12. The maximum absolute atomic E-state index is 15.8. The molecule has 1 aliphatic carbocycles. The van der Waals surface area contributed by atoms with Crippen LogP contribution in [0.25, 0.3) is 21.8 Å². The van der Waals surface area contributed by atoms with Gasteiger partial charge in [-0.15, -0.1) is 5.11 Å². The van der Waals surface area contributed by atoms with E-state index in [0.717, 1.165) is 18.9 Å². The third-order valence-corrected chi connectivity index (χ3v) is 8.14. The lowest BCUT2D eigenvalue weighted by atomic mass is 10.1. The minimum Gasteiger partial charge on any atom is -0.493 e. The van der Waals surface area contributed by atoms with Gasteiger partial charge in [-0.05, 0) is 31.9 Å². The second-order valence-electron chi connectivity index (χ2n) is 10.9. The van der Waals surface area contributed by atoms with Gasteiger partial charge in [-0.25, -0.2) is 14.0 Å². The highest BCUT2D eigenvalue weighted by atomic mass is 19.1. The summed E-state index contributed by atoms with van der Waals surface area (Å²) < 4.78 is 25.0. The summed E-state index contributed by atoms with van der Waals surface area (Å²) in [6, 6.07) is 7.21. The summed E-state index contributed by atoms with van der Waals surface area (Å²) in [6.45, 7) is 3.54. The fourth-order valence-electron chi connectivity index (χ4n) is 5.93. The van der Waals surface area contributed by atoms with E-state index in [-0.39, 0.29) is 47.1 Å². The van der Waals surface area contributed by atoms with Crippen molar-refractivity contribution in [3.63, 3.8) is 0 Å². The van der Waals surface area contributed by atoms with Crippen molar-refractivity contribution in [1.29, 1.82) is 0 Å². The number of carboxylic acid groups (broad SMARTS) is 1. The van der Waals surface area contributed by atoms with Crippen molar-refractivity contribution in [3.05, 3.63) is 58.1 Å². The number of carbonyl (C=O) groups is 2. The van der Waals surface area contributed by atoms with Gasteiger partial charge >= 0.3 is 12.0 Å². The lowest BCUT2D eigenvalue weighted by molar-refractivity contribution is 0.0694. The molecule has 0 bridgehead atoms. The van der Waals surface area contributed by atoms with Crippen molar-refractivity contribution in [2.24, 2.45) is 16.0 Å². The van der Waals surface area contributed by atoms with Crippen molar-refractivity contribution in [3.8, 4) is 11.6 Å². The molecule has 2 aromatic carbocycles. The number of primary amides is 1. The molecule has 0 radical (unpaired) electrons. The Morgan fingerprint density at radius 3 is 2.58 bits per heavy atom. The van der Waals surface area contributed by atoms with E-state index in [0.29, 0.717) is 36.1 Å². The van der Waals surface area contributed by atoms with E-state index < -0.39 is 28.8 Å². The number of urea groups is 1. The number of ether oxygens (including phenoxy) is 1. The van der Waals surface area contributed by atoms with Crippen LogP contribution in [0.4, 0.5) is 20.6 Å². The minimum atomic E-state index is -1.36. The Bertz CT molecular complexity index is 1880. The maximum atomic E-state index is 15.8. The summed E-state index contributed by atoms with van der Waals surface area (Å²) in [7, 11) is 1.41. The second kappa shape index (κ2) is 10.7. The summed E-state index contributed by atoms with van der Waals surface area (Å²) in [5.74, 6) is -2.01. The number of carbonyl (C=O) groups excluding carboxylic acids is 1. The van der Waals surface area contributed by atoms with E-state index in [4.69, 9.17) is 10.5 Å². The first-order valence-electron chi connectivity index (χ1n) is 13.8. The van der Waals surface area contributed by atoms with Crippen LogP contribution in [-0.4, -0.2) is 69.0 Å². The number of para-hydroxylation sites is 1. The van der Waals surface area contributed by atoms with E-state index in [2.05, 4.69) is 15.1 Å². The number of aromatic hydroxyl groups is 1. The van der Waals surface area contributed by atoms with Gasteiger partial charge in [0.15, 0.2) is 17.3 Å². The van der Waals surface area contributed by atoms with E-state index >= 15 is 4.39 Å². The van der Waals surface area contributed by atoms with Crippen LogP contribution in [0.1, 0.15) is 36.2 Å². The predicted octanol–water partition coefficient (Wildman–Crippen LogP) is 4.17. The summed E-state index contributed by atoms with van der Waals surface area (Å²) in [4.78, 5) is 40.0. The van der Waals surface area contributed by atoms with E-state index in [9.17, 15) is 24.6 Å². The van der Waals surface area contributed by atoms with Crippen LogP contribution in [0.15, 0.2) is 51.6 Å². The normalized spacial score (nSPS) is 17.7. The van der Waals surface area contributed by atoms with Gasteiger partial charge in [0.2, 0.25) is 11.3 Å². The number of piperazine rings is 1. The topological polar surface area (TPSA) is 168 Å². The summed E-state index contributed by atoms with van der Waals surface area (Å²) in [6.07, 6.45) is 2.96. The number of nitrogens with two attached hydrogens (primary N) is 1. The fraction of sp³-hybridized carbons (Fsp3) is 0.345. The highest BCUT2D eigenvalue weighted by molar-refractivity contribution is 5.97. The Labute approximate surface area is 244 Å². The molecule has 4 N–H and O–H groups in total. The number of halogens is 1. The molecule has 43 heavy (non-hydrogen) atoms. The lowest BCUT2D eigenvalue weighted by Gasteiger charge is -2.41. The monoisotopic (exact) mass is 591 g/mol. The van der Waals surface area contributed by atoms with Crippen molar-refractivity contribution in [1.82, 2.24) is 14.0 Å². The molecule has 3 heterocycles. The molecule has 14 heteroatoms. The molecule has 13 nitrogen and oxygen atoms in total. The number of carboxylic acids is 1. The van der Waals surface area contributed by atoms with Crippen LogP contribution < -0.4 is 20.8 Å². The molecular weight excluding hydrogens is 561 g/mol. The van der Waals surface area contributed by atoms with Gasteiger partial charge in [0, 0.05) is 43.3 Å². The highest BCUT2D eigenvalue weighted by Crippen LogP contribution is 2.44. The third-order valence-electron chi connectivity index (χ3n) is 8.14. The molecule has 1 atom stereocenters. The van der Waals surface area contributed by atoms with Crippen LogP contribution in [0.5, 0.6) is 11.6 Å². The first-order valence-corrected chi connectivity index (χ1v) is 13.8. The van der Waals surface area contributed by atoms with Crippen molar-refractivity contribution < 1.29 is 28.9 Å². The number of anilines is 1. The number of fused-ring (bicyclic) bond motifs is 2. The van der Waals surface area contributed by atoms with Crippen molar-refractivity contribution in [2.45, 2.75) is 38.5 Å². The first kappa shape index (κ1) is 28.2. The van der Waals surface area contributed by atoms with Crippen LogP contribution in [0, 0.1) is 5.82 Å². The molecule has 1 aliphatic heterocycles. The van der Waals surface area contributed by atoms with Crippen LogP contribution in [0.3, 0.4) is 0 Å². The van der Waals surface area contributed by atoms with Crippen LogP contribution in [-0.2, 0) is 6.67 Å². The molecule has 1 saturated carbocycles. The third kappa shape index (κ3) is 4.82. The maximum Gasteiger partial charge on any atom is 0.356 e. The molecule has 2 fully saturated rings. The molecule has 0 spiro atoms. The predicted molar refractivity (Wildman–Crippen MR) is 156 cm³/mol. The molecule has 2 aromatic heterocycles. The van der Waals surface area contributed by atoms with E-state index in [1.54, 1.807) is 21.3 Å². The zero-order chi connectivity index (χ0) is 30.6. The van der Waals surface area contributed by atoms with Gasteiger partial charge in [0.1, 0.15) is 11.3 Å². The molecule has 2 aliphatic rings. The van der Waals surface area contributed by atoms with Gasteiger partial charge in [-0.1, -0.05) is 23.3 Å². The number of amides is 2. The summed E-state index contributed by atoms with van der Waals surface area (Å²) in [5, 5.41) is 28.4. The number of azo groups is 1. The molecule has 1 unspecified atom stereocenters. The molecule has 224 valence electrons. The number of pyridine rings is 1. The van der Waals surface area contributed by atoms with Crippen molar-refractivity contribution in [2.75, 3.05) is 31.6 Å². The molecular formula is C29H30FN7O6. The summed E-state index contributed by atoms with van der Waals surface area (Å²) >= 11 is 0. The van der Waals surface area contributed by atoms with Gasteiger partial charge in [0.05, 0.1) is 30.2 Å². The number of nitrogens with zero attached hydrogens (tertiary/aromatic N) is 6. The average molecular weight is 592 g/mol. The van der Waals surface area contributed by atoms with Gasteiger partial charge < -0.3 is 30.2 Å².